The number of nitriles is 1. The average Bonchev–Trinajstić information content (AvgIpc) is 3.18. The third-order valence-corrected chi connectivity index (χ3v) is 7.08. The lowest BCUT2D eigenvalue weighted by Gasteiger charge is -2.70. The topological polar surface area (TPSA) is 89.2 Å². The van der Waals surface area contributed by atoms with Crippen molar-refractivity contribution < 1.29 is 40.6 Å². The van der Waals surface area contributed by atoms with Crippen LogP contribution in [0.4, 0.5) is 26.3 Å². The summed E-state index contributed by atoms with van der Waals surface area (Å²) < 4.78 is 86.4. The molecule has 6 rings (SSSR count). The van der Waals surface area contributed by atoms with Crippen molar-refractivity contribution in [1.29, 1.82) is 5.26 Å². The molecule has 0 atom stereocenters. The van der Waals surface area contributed by atoms with Gasteiger partial charge in [0, 0.05) is 30.1 Å². The largest absolute Gasteiger partial charge is 0.522 e. The van der Waals surface area contributed by atoms with Crippen LogP contribution in [-0.2, 0) is 26.0 Å². The molecule has 1 aromatic heterocycles. The van der Waals surface area contributed by atoms with Crippen LogP contribution < -0.4 is 5.32 Å². The van der Waals surface area contributed by atoms with E-state index in [4.69, 9.17) is 4.74 Å². The molecule has 7 nitrogen and oxygen atoms in total. The van der Waals surface area contributed by atoms with E-state index >= 15 is 0 Å². The zero-order valence-electron chi connectivity index (χ0n) is 18.6. The van der Waals surface area contributed by atoms with E-state index in [0.29, 0.717) is 30.5 Å². The van der Waals surface area contributed by atoms with Crippen molar-refractivity contribution in [2.75, 3.05) is 6.61 Å². The molecule has 4 aliphatic carbocycles. The number of carbonyl (C=O) groups is 1. The zero-order chi connectivity index (χ0) is 25.9. The van der Waals surface area contributed by atoms with Crippen molar-refractivity contribution in [2.45, 2.75) is 67.9 Å². The monoisotopic (exact) mass is 514 g/mol. The van der Waals surface area contributed by atoms with Gasteiger partial charge in [0.25, 0.3) is 0 Å². The Labute approximate surface area is 201 Å². The lowest BCUT2D eigenvalue weighted by Crippen LogP contribution is -2.78. The van der Waals surface area contributed by atoms with E-state index < -0.39 is 35.8 Å². The predicted octanol–water partition coefficient (Wildman–Crippen LogP) is 4.27. The van der Waals surface area contributed by atoms with Crippen molar-refractivity contribution in [2.24, 2.45) is 0 Å². The number of benzene rings is 1. The van der Waals surface area contributed by atoms with Crippen LogP contribution in [0.2, 0.25) is 0 Å². The molecule has 4 aliphatic rings. The van der Waals surface area contributed by atoms with E-state index in [9.17, 15) is 36.4 Å². The fraction of sp³-hybridized carbons (Fsp3) is 0.522. The van der Waals surface area contributed by atoms with Gasteiger partial charge in [-0.2, -0.15) is 18.4 Å². The van der Waals surface area contributed by atoms with Gasteiger partial charge in [-0.25, -0.2) is 4.98 Å². The van der Waals surface area contributed by atoms with Gasteiger partial charge in [-0.15, -0.1) is 13.2 Å². The number of nitrogens with one attached hydrogen (secondary N) is 1. The molecule has 4 saturated carbocycles. The maximum absolute atomic E-state index is 13.0. The maximum atomic E-state index is 13.0. The standard InChI is InChI=1S/C23H20F6N4O3/c24-22(25,26)14-1-2-17(13(3-14)6-30)18-7-33(12-31-18)21-9-20(10-21,11-21)32-19(34)8-35-15-4-16(5-15)36-23(27,28)29/h1-3,7,12,15-16H,4-5,8-11H2,(H,32,34)/t15-,16+,20?,21?. The maximum Gasteiger partial charge on any atom is 0.522 e. The number of carbonyl (C=O) groups excluding carboxylic acids is 1. The van der Waals surface area contributed by atoms with Crippen LogP contribution in [0.3, 0.4) is 0 Å². The van der Waals surface area contributed by atoms with Gasteiger partial charge in [0.05, 0.1) is 47.0 Å². The van der Waals surface area contributed by atoms with Gasteiger partial charge in [-0.3, -0.25) is 9.53 Å². The van der Waals surface area contributed by atoms with Crippen LogP contribution in [-0.4, -0.2) is 46.2 Å². The normalized spacial score (nSPS) is 28.9. The molecule has 0 saturated heterocycles. The Morgan fingerprint density at radius 3 is 2.47 bits per heavy atom. The van der Waals surface area contributed by atoms with Crippen LogP contribution in [0.25, 0.3) is 11.3 Å². The van der Waals surface area contributed by atoms with Crippen LogP contribution >= 0.6 is 0 Å². The first-order valence-corrected chi connectivity index (χ1v) is 11.1. The molecule has 1 N–H and O–H groups in total. The summed E-state index contributed by atoms with van der Waals surface area (Å²) in [5.74, 6) is -0.349. The molecule has 1 heterocycles. The van der Waals surface area contributed by atoms with Gasteiger partial charge in [0.1, 0.15) is 6.61 Å². The number of amides is 1. The molecule has 1 amide bonds. The second-order valence-corrected chi connectivity index (χ2v) is 9.71. The molecule has 192 valence electrons. The second kappa shape index (κ2) is 8.21. The number of ether oxygens (including phenoxy) is 2. The highest BCUT2D eigenvalue weighted by Crippen LogP contribution is 2.65. The molecule has 1 aromatic carbocycles. The van der Waals surface area contributed by atoms with E-state index in [-0.39, 0.29) is 36.5 Å². The molecule has 0 radical (unpaired) electrons. The van der Waals surface area contributed by atoms with Gasteiger partial charge in [-0.05, 0) is 31.4 Å². The third-order valence-electron chi connectivity index (χ3n) is 7.08. The summed E-state index contributed by atoms with van der Waals surface area (Å²) in [6, 6.07) is 4.74. The summed E-state index contributed by atoms with van der Waals surface area (Å²) in [6.45, 7) is -0.252. The summed E-state index contributed by atoms with van der Waals surface area (Å²) in [4.78, 5) is 16.5. The van der Waals surface area contributed by atoms with E-state index in [2.05, 4.69) is 15.0 Å². The average molecular weight is 514 g/mol. The van der Waals surface area contributed by atoms with Gasteiger partial charge < -0.3 is 14.6 Å². The molecule has 4 fully saturated rings. The summed E-state index contributed by atoms with van der Waals surface area (Å²) in [7, 11) is 0. The minimum absolute atomic E-state index is 0.0798. The molecule has 0 spiro atoms. The first-order valence-electron chi connectivity index (χ1n) is 11.1. The minimum atomic E-state index is -4.68. The highest BCUT2D eigenvalue weighted by atomic mass is 19.4. The predicted molar refractivity (Wildman–Crippen MR) is 110 cm³/mol. The van der Waals surface area contributed by atoms with Crippen molar-refractivity contribution in [1.82, 2.24) is 14.9 Å². The number of nitrogens with zero attached hydrogens (tertiary/aromatic N) is 3. The molecular formula is C23H20F6N4O3. The van der Waals surface area contributed by atoms with Gasteiger partial charge in [0.15, 0.2) is 0 Å². The number of alkyl halides is 6. The highest BCUT2D eigenvalue weighted by Gasteiger charge is 2.69. The van der Waals surface area contributed by atoms with E-state index in [0.717, 1.165) is 12.1 Å². The first-order chi connectivity index (χ1) is 16.8. The van der Waals surface area contributed by atoms with Crippen molar-refractivity contribution >= 4 is 5.91 Å². The fourth-order valence-electron chi connectivity index (χ4n) is 5.36. The zero-order valence-corrected chi connectivity index (χ0v) is 18.6. The van der Waals surface area contributed by atoms with Crippen molar-refractivity contribution in [3.63, 3.8) is 0 Å². The van der Waals surface area contributed by atoms with E-state index in [1.165, 1.54) is 6.07 Å². The SMILES string of the molecule is N#Cc1cc(C(F)(F)F)ccc1-c1cn(C23CC(NC(=O)CO[C@H]4C[C@@H](OC(F)(F)F)C4)(C2)C3)cn1. The Kier molecular flexibility index (Phi) is 5.60. The number of hydrogen-bond donors (Lipinski definition) is 1. The molecule has 0 unspecified atom stereocenters. The van der Waals surface area contributed by atoms with Crippen LogP contribution in [0.1, 0.15) is 43.2 Å². The van der Waals surface area contributed by atoms with Crippen LogP contribution in [0, 0.1) is 11.3 Å². The lowest BCUT2D eigenvalue weighted by molar-refractivity contribution is -0.357. The minimum Gasteiger partial charge on any atom is -0.368 e. The lowest BCUT2D eigenvalue weighted by atomic mass is 9.44. The van der Waals surface area contributed by atoms with E-state index in [1.54, 1.807) is 18.6 Å². The van der Waals surface area contributed by atoms with Gasteiger partial charge in [0.2, 0.25) is 5.91 Å². The summed E-state index contributed by atoms with van der Waals surface area (Å²) in [6.07, 6.45) is -5.32. The number of rotatable bonds is 7. The highest BCUT2D eigenvalue weighted by molar-refractivity contribution is 5.79. The first kappa shape index (κ1) is 24.6. The number of hydrogen-bond acceptors (Lipinski definition) is 5. The summed E-state index contributed by atoms with van der Waals surface area (Å²) in [5.41, 5.74) is -1.01. The molecule has 2 bridgehead atoms. The van der Waals surface area contributed by atoms with Crippen molar-refractivity contribution in [3.8, 4) is 17.3 Å². The Morgan fingerprint density at radius 1 is 1.17 bits per heavy atom. The molecule has 0 aliphatic heterocycles. The summed E-state index contributed by atoms with van der Waals surface area (Å²) in [5, 5.41) is 12.2. The Morgan fingerprint density at radius 2 is 1.86 bits per heavy atom. The molecule has 13 heteroatoms. The van der Waals surface area contributed by atoms with E-state index in [1.807, 2.05) is 4.57 Å². The fourth-order valence-corrected chi connectivity index (χ4v) is 5.36. The van der Waals surface area contributed by atoms with Crippen LogP contribution in [0.5, 0.6) is 0 Å². The van der Waals surface area contributed by atoms with Crippen molar-refractivity contribution in [3.05, 3.63) is 41.9 Å². The summed E-state index contributed by atoms with van der Waals surface area (Å²) >= 11 is 0. The third kappa shape index (κ3) is 4.55. The Balaban J connectivity index is 1.12. The number of imidazole rings is 1. The van der Waals surface area contributed by atoms with Gasteiger partial charge >= 0.3 is 12.5 Å². The number of halogens is 6. The number of aromatic nitrogens is 2. The molecule has 36 heavy (non-hydrogen) atoms. The molecule has 2 aromatic rings. The van der Waals surface area contributed by atoms with Gasteiger partial charge in [-0.1, -0.05) is 6.07 Å². The molecular weight excluding hydrogens is 494 g/mol. The quantitative estimate of drug-likeness (QED) is 0.558. The smallest absolute Gasteiger partial charge is 0.368 e. The second-order valence-electron chi connectivity index (χ2n) is 9.71. The van der Waals surface area contributed by atoms with Crippen LogP contribution in [0.15, 0.2) is 30.7 Å². The Hall–Kier alpha value is -3.11. The Bertz CT molecular complexity index is 1210.